The molecule has 7 heteroatoms. The predicted molar refractivity (Wildman–Crippen MR) is 76.8 cm³/mol. The van der Waals surface area contributed by atoms with Crippen molar-refractivity contribution in [3.05, 3.63) is 35.8 Å². The van der Waals surface area contributed by atoms with Crippen LogP contribution in [0, 0.1) is 12.7 Å². The molecule has 1 aliphatic rings. The molecule has 0 unspecified atom stereocenters. The van der Waals surface area contributed by atoms with Gasteiger partial charge in [0.2, 0.25) is 17.7 Å². The van der Waals surface area contributed by atoms with Gasteiger partial charge in [-0.3, -0.25) is 4.79 Å². The minimum Gasteiger partial charge on any atom is -0.425 e. The van der Waals surface area contributed by atoms with Gasteiger partial charge in [0.25, 0.3) is 0 Å². The third kappa shape index (κ3) is 3.07. The van der Waals surface area contributed by atoms with Gasteiger partial charge in [0.05, 0.1) is 5.69 Å². The molecule has 1 aliphatic heterocycles. The summed E-state index contributed by atoms with van der Waals surface area (Å²) in [6, 6.07) is 4.55. The van der Waals surface area contributed by atoms with E-state index in [1.54, 1.807) is 29.7 Å². The molecule has 1 aromatic heterocycles. The first-order chi connectivity index (χ1) is 10.1. The van der Waals surface area contributed by atoms with E-state index in [-0.39, 0.29) is 24.0 Å². The second-order valence-corrected chi connectivity index (χ2v) is 5.89. The molecule has 0 N–H and O–H groups in total. The number of aromatic nitrogens is 2. The topological polar surface area (TPSA) is 59.2 Å². The Balaban J connectivity index is 1.87. The summed E-state index contributed by atoms with van der Waals surface area (Å²) in [5, 5.41) is 7.54. The summed E-state index contributed by atoms with van der Waals surface area (Å²) >= 11 is 1.64. The van der Waals surface area contributed by atoms with Crippen molar-refractivity contribution in [1.29, 1.82) is 0 Å². The van der Waals surface area contributed by atoms with Crippen LogP contribution in [-0.2, 0) is 11.2 Å². The molecule has 0 aliphatic carbocycles. The summed E-state index contributed by atoms with van der Waals surface area (Å²) in [5.41, 5.74) is 0.624. The van der Waals surface area contributed by atoms with Gasteiger partial charge in [-0.15, -0.1) is 22.0 Å². The van der Waals surface area contributed by atoms with Gasteiger partial charge < -0.3 is 9.32 Å². The van der Waals surface area contributed by atoms with E-state index in [0.717, 1.165) is 17.1 Å². The first kappa shape index (κ1) is 14.1. The van der Waals surface area contributed by atoms with Gasteiger partial charge in [0, 0.05) is 18.4 Å². The third-order valence-corrected chi connectivity index (χ3v) is 4.32. The zero-order valence-electron chi connectivity index (χ0n) is 11.5. The molecule has 0 atom stereocenters. The van der Waals surface area contributed by atoms with Crippen molar-refractivity contribution in [2.45, 2.75) is 24.7 Å². The summed E-state index contributed by atoms with van der Waals surface area (Å²) in [6.07, 6.45) is 0.886. The molecule has 21 heavy (non-hydrogen) atoms. The van der Waals surface area contributed by atoms with Crippen LogP contribution < -0.4 is 4.90 Å². The zero-order valence-corrected chi connectivity index (χ0v) is 12.3. The quantitative estimate of drug-likeness (QED) is 0.853. The lowest BCUT2D eigenvalue weighted by Crippen LogP contribution is -2.33. The number of carbonyl (C=O) groups is 1. The number of nitrogens with zero attached hydrogens (tertiary/aromatic N) is 3. The number of hydrogen-bond donors (Lipinski definition) is 0. The van der Waals surface area contributed by atoms with Gasteiger partial charge in [0.1, 0.15) is 12.2 Å². The Bertz CT molecular complexity index is 674. The first-order valence-electron chi connectivity index (χ1n) is 6.65. The Hall–Kier alpha value is -1.89. The van der Waals surface area contributed by atoms with Crippen LogP contribution in [0.4, 0.5) is 10.1 Å². The molecule has 0 bridgehead atoms. The van der Waals surface area contributed by atoms with E-state index in [9.17, 15) is 9.18 Å². The fourth-order valence-electron chi connectivity index (χ4n) is 2.24. The molecule has 2 aromatic rings. The number of carbonyl (C=O) groups excluding carboxylic acids is 1. The Kier molecular flexibility index (Phi) is 3.92. The second kappa shape index (κ2) is 5.85. The van der Waals surface area contributed by atoms with Crippen LogP contribution in [0.1, 0.15) is 18.2 Å². The van der Waals surface area contributed by atoms with Crippen molar-refractivity contribution < 1.29 is 13.6 Å². The maximum Gasteiger partial charge on any atom is 0.236 e. The molecule has 3 rings (SSSR count). The van der Waals surface area contributed by atoms with Gasteiger partial charge in [-0.25, -0.2) is 4.39 Å². The van der Waals surface area contributed by atoms with Crippen molar-refractivity contribution >= 4 is 23.4 Å². The summed E-state index contributed by atoms with van der Waals surface area (Å²) in [4.78, 5) is 15.0. The molecule has 0 spiro atoms. The highest BCUT2D eigenvalue weighted by Crippen LogP contribution is 2.34. The van der Waals surface area contributed by atoms with Gasteiger partial charge in [-0.2, -0.15) is 0 Å². The average molecular weight is 307 g/mol. The van der Waals surface area contributed by atoms with E-state index >= 15 is 0 Å². The van der Waals surface area contributed by atoms with Crippen LogP contribution >= 0.6 is 11.8 Å². The highest BCUT2D eigenvalue weighted by Gasteiger charge is 2.23. The number of amides is 1. The van der Waals surface area contributed by atoms with Crippen molar-refractivity contribution in [2.75, 3.05) is 17.2 Å². The Morgan fingerprint density at radius 1 is 1.48 bits per heavy atom. The molecule has 0 saturated heterocycles. The highest BCUT2D eigenvalue weighted by atomic mass is 32.2. The Labute approximate surface area is 125 Å². The maximum atomic E-state index is 13.5. The summed E-state index contributed by atoms with van der Waals surface area (Å²) in [7, 11) is 0. The van der Waals surface area contributed by atoms with Crippen LogP contribution in [0.3, 0.4) is 0 Å². The number of hydrogen-bond acceptors (Lipinski definition) is 5. The first-order valence-corrected chi connectivity index (χ1v) is 7.64. The number of fused-ring (bicyclic) bond motifs is 1. The fraction of sp³-hybridized carbons (Fsp3) is 0.357. The van der Waals surface area contributed by atoms with E-state index in [1.165, 1.54) is 12.1 Å². The second-order valence-electron chi connectivity index (χ2n) is 4.75. The number of aryl methyl sites for hydroxylation is 1. The number of anilines is 1. The molecule has 1 amide bonds. The number of benzene rings is 1. The van der Waals surface area contributed by atoms with E-state index in [1.807, 2.05) is 0 Å². The van der Waals surface area contributed by atoms with Gasteiger partial charge in [-0.1, -0.05) is 0 Å². The van der Waals surface area contributed by atoms with Crippen LogP contribution in [0.2, 0.25) is 0 Å². The molecule has 5 nitrogen and oxygen atoms in total. The molecule has 0 radical (unpaired) electrons. The van der Waals surface area contributed by atoms with Crippen molar-refractivity contribution in [1.82, 2.24) is 10.2 Å². The maximum absolute atomic E-state index is 13.5. The summed E-state index contributed by atoms with van der Waals surface area (Å²) in [6.45, 7) is 2.24. The lowest BCUT2D eigenvalue weighted by atomic mass is 10.2. The highest BCUT2D eigenvalue weighted by molar-refractivity contribution is 7.99. The minimum atomic E-state index is -0.345. The molecule has 0 fully saturated rings. The molecule has 110 valence electrons. The number of halogens is 1. The average Bonchev–Trinajstić information content (AvgIpc) is 2.73. The third-order valence-electron chi connectivity index (χ3n) is 3.17. The van der Waals surface area contributed by atoms with E-state index in [2.05, 4.69) is 10.2 Å². The van der Waals surface area contributed by atoms with E-state index < -0.39 is 0 Å². The van der Waals surface area contributed by atoms with Gasteiger partial charge in [-0.05, 0) is 30.4 Å². The normalized spacial score (nSPS) is 14.7. The van der Waals surface area contributed by atoms with Crippen LogP contribution in [0.5, 0.6) is 0 Å². The minimum absolute atomic E-state index is 0.0292. The monoisotopic (exact) mass is 307 g/mol. The molecule has 1 aromatic carbocycles. The Morgan fingerprint density at radius 2 is 2.33 bits per heavy atom. The SMILES string of the molecule is Cc1nnc(CC(=O)N2CCCSc3ccc(F)cc32)o1. The van der Waals surface area contributed by atoms with Crippen molar-refractivity contribution in [3.8, 4) is 0 Å². The predicted octanol–water partition coefficient (Wildman–Crippen LogP) is 2.59. The zero-order chi connectivity index (χ0) is 14.8. The summed E-state index contributed by atoms with van der Waals surface area (Å²) < 4.78 is 18.7. The van der Waals surface area contributed by atoms with Crippen molar-refractivity contribution in [2.24, 2.45) is 0 Å². The lowest BCUT2D eigenvalue weighted by Gasteiger charge is -2.21. The van der Waals surface area contributed by atoms with Crippen LogP contribution in [0.15, 0.2) is 27.5 Å². The lowest BCUT2D eigenvalue weighted by molar-refractivity contribution is -0.118. The van der Waals surface area contributed by atoms with Gasteiger partial charge in [0.15, 0.2) is 0 Å². The van der Waals surface area contributed by atoms with E-state index in [0.29, 0.717) is 18.1 Å². The smallest absolute Gasteiger partial charge is 0.236 e. The van der Waals surface area contributed by atoms with E-state index in [4.69, 9.17) is 4.42 Å². The molecule has 0 saturated carbocycles. The molecular formula is C14H14FN3O2S. The van der Waals surface area contributed by atoms with Crippen molar-refractivity contribution in [3.63, 3.8) is 0 Å². The Morgan fingerprint density at radius 3 is 3.10 bits per heavy atom. The molecular weight excluding hydrogens is 293 g/mol. The van der Waals surface area contributed by atoms with Crippen LogP contribution in [0.25, 0.3) is 0 Å². The standard InChI is InChI=1S/C14H14FN3O2S/c1-9-16-17-13(20-9)8-14(19)18-5-2-6-21-12-4-3-10(15)7-11(12)18/h3-4,7H,2,5-6,8H2,1H3. The van der Waals surface area contributed by atoms with Crippen LogP contribution in [-0.4, -0.2) is 28.4 Å². The number of thioether (sulfide) groups is 1. The van der Waals surface area contributed by atoms with Gasteiger partial charge >= 0.3 is 0 Å². The fourth-order valence-corrected chi connectivity index (χ4v) is 3.22. The molecule has 2 heterocycles. The summed E-state index contributed by atoms with van der Waals surface area (Å²) in [5.74, 6) is 1.11. The number of rotatable bonds is 2. The largest absolute Gasteiger partial charge is 0.425 e.